The van der Waals surface area contributed by atoms with Crippen LogP contribution < -0.4 is 5.32 Å². The third-order valence-electron chi connectivity index (χ3n) is 2.92. The van der Waals surface area contributed by atoms with Gasteiger partial charge in [-0.15, -0.1) is 0 Å². The molecule has 1 unspecified atom stereocenters. The smallest absolute Gasteiger partial charge is 0.147 e. The minimum absolute atomic E-state index is 0.392. The lowest BCUT2D eigenvalue weighted by molar-refractivity contribution is 0.569. The van der Waals surface area contributed by atoms with Gasteiger partial charge in [0.2, 0.25) is 0 Å². The van der Waals surface area contributed by atoms with Crippen molar-refractivity contribution in [3.05, 3.63) is 48.3 Å². The molecule has 0 aliphatic carbocycles. The molecule has 4 nitrogen and oxygen atoms in total. The highest BCUT2D eigenvalue weighted by Crippen LogP contribution is 2.13. The summed E-state index contributed by atoms with van der Waals surface area (Å²) in [6.07, 6.45) is 8.94. The molecule has 0 aliphatic heterocycles. The molecule has 0 aliphatic rings. The first-order valence-electron chi connectivity index (χ1n) is 6.44. The Morgan fingerprint density at radius 2 is 2.11 bits per heavy atom. The molecular formula is C14H20N4. The van der Waals surface area contributed by atoms with E-state index in [1.807, 2.05) is 6.07 Å². The molecule has 4 heteroatoms. The van der Waals surface area contributed by atoms with E-state index in [1.165, 1.54) is 5.56 Å². The van der Waals surface area contributed by atoms with Gasteiger partial charge in [-0.25, -0.2) is 9.97 Å². The van der Waals surface area contributed by atoms with Crippen LogP contribution in [0.3, 0.4) is 0 Å². The highest BCUT2D eigenvalue weighted by atomic mass is 15.0. The molecule has 0 spiro atoms. The monoisotopic (exact) mass is 244 g/mol. The molecular weight excluding hydrogens is 224 g/mol. The Balaban J connectivity index is 1.98. The van der Waals surface area contributed by atoms with Crippen molar-refractivity contribution in [1.29, 1.82) is 0 Å². The molecule has 1 atom stereocenters. The van der Waals surface area contributed by atoms with E-state index in [4.69, 9.17) is 0 Å². The predicted octanol–water partition coefficient (Wildman–Crippen LogP) is 2.39. The lowest BCUT2D eigenvalue weighted by Gasteiger charge is -2.11. The Kier molecular flexibility index (Phi) is 4.47. The van der Waals surface area contributed by atoms with Crippen LogP contribution in [0.15, 0.2) is 36.9 Å². The van der Waals surface area contributed by atoms with Crippen molar-refractivity contribution in [2.75, 3.05) is 6.54 Å². The van der Waals surface area contributed by atoms with Gasteiger partial charge in [-0.2, -0.15) is 0 Å². The maximum atomic E-state index is 4.23. The molecule has 0 saturated heterocycles. The first kappa shape index (κ1) is 12.8. The molecule has 18 heavy (non-hydrogen) atoms. The van der Waals surface area contributed by atoms with Crippen LogP contribution in [0.25, 0.3) is 0 Å². The lowest BCUT2D eigenvalue weighted by Crippen LogP contribution is -2.18. The van der Waals surface area contributed by atoms with Crippen molar-refractivity contribution in [1.82, 2.24) is 19.9 Å². The van der Waals surface area contributed by atoms with Crippen molar-refractivity contribution < 1.29 is 0 Å². The summed E-state index contributed by atoms with van der Waals surface area (Å²) in [7, 11) is 0. The number of aromatic nitrogens is 3. The van der Waals surface area contributed by atoms with Gasteiger partial charge in [-0.1, -0.05) is 6.92 Å². The van der Waals surface area contributed by atoms with Gasteiger partial charge < -0.3 is 9.88 Å². The lowest BCUT2D eigenvalue weighted by atomic mass is 10.2. The second kappa shape index (κ2) is 6.31. The van der Waals surface area contributed by atoms with Crippen LogP contribution in [0.5, 0.6) is 0 Å². The van der Waals surface area contributed by atoms with Crippen molar-refractivity contribution >= 4 is 0 Å². The summed E-state index contributed by atoms with van der Waals surface area (Å²) in [6.45, 7) is 6.14. The topological polar surface area (TPSA) is 42.7 Å². The van der Waals surface area contributed by atoms with E-state index in [9.17, 15) is 0 Å². The normalized spacial score (nSPS) is 12.6. The summed E-state index contributed by atoms with van der Waals surface area (Å²) in [4.78, 5) is 8.46. The quantitative estimate of drug-likeness (QED) is 0.848. The van der Waals surface area contributed by atoms with Gasteiger partial charge in [-0.3, -0.25) is 0 Å². The molecule has 0 amide bonds. The van der Waals surface area contributed by atoms with Crippen LogP contribution in [-0.2, 0) is 6.54 Å². The fraction of sp³-hybridized carbons (Fsp3) is 0.429. The fourth-order valence-electron chi connectivity index (χ4n) is 1.87. The Labute approximate surface area is 108 Å². The second-order valence-corrected chi connectivity index (χ2v) is 4.46. The third kappa shape index (κ3) is 3.40. The summed E-state index contributed by atoms with van der Waals surface area (Å²) in [5.41, 5.74) is 1.30. The maximum absolute atomic E-state index is 4.23. The van der Waals surface area contributed by atoms with Gasteiger partial charge in [0, 0.05) is 30.8 Å². The molecule has 2 rings (SSSR count). The van der Waals surface area contributed by atoms with Gasteiger partial charge in [0.1, 0.15) is 5.82 Å². The Morgan fingerprint density at radius 3 is 2.83 bits per heavy atom. The van der Waals surface area contributed by atoms with Gasteiger partial charge >= 0.3 is 0 Å². The predicted molar refractivity (Wildman–Crippen MR) is 72.3 cm³/mol. The number of hydrogen-bond acceptors (Lipinski definition) is 3. The van der Waals surface area contributed by atoms with Gasteiger partial charge in [0.15, 0.2) is 0 Å². The van der Waals surface area contributed by atoms with Crippen molar-refractivity contribution in [2.45, 2.75) is 32.9 Å². The van der Waals surface area contributed by atoms with Gasteiger partial charge in [-0.05, 0) is 37.6 Å². The van der Waals surface area contributed by atoms with Crippen molar-refractivity contribution in [3.8, 4) is 0 Å². The number of hydrogen-bond donors (Lipinski definition) is 1. The Bertz CT molecular complexity index is 464. The van der Waals surface area contributed by atoms with E-state index in [2.05, 4.69) is 52.2 Å². The first-order valence-corrected chi connectivity index (χ1v) is 6.44. The van der Waals surface area contributed by atoms with E-state index in [0.29, 0.717) is 6.04 Å². The van der Waals surface area contributed by atoms with E-state index in [1.54, 1.807) is 12.4 Å². The van der Waals surface area contributed by atoms with Crippen LogP contribution in [0.4, 0.5) is 0 Å². The second-order valence-electron chi connectivity index (χ2n) is 4.46. The first-order chi connectivity index (χ1) is 8.79. The molecule has 0 fully saturated rings. The molecule has 2 aromatic rings. The van der Waals surface area contributed by atoms with Gasteiger partial charge in [0.25, 0.3) is 0 Å². The zero-order valence-electron chi connectivity index (χ0n) is 11.0. The molecule has 96 valence electrons. The minimum Gasteiger partial charge on any atom is -0.346 e. The molecule has 2 heterocycles. The van der Waals surface area contributed by atoms with Crippen molar-refractivity contribution in [3.63, 3.8) is 0 Å². The average Bonchev–Trinajstić information content (AvgIpc) is 2.86. The summed E-state index contributed by atoms with van der Waals surface area (Å²) in [5, 5.41) is 3.48. The van der Waals surface area contributed by atoms with Crippen LogP contribution in [0.2, 0.25) is 0 Å². The van der Waals surface area contributed by atoms with E-state index in [-0.39, 0.29) is 0 Å². The molecule has 2 aromatic heterocycles. The standard InChI is InChI=1S/C14H20N4/c1-3-6-15-12(2)13-5-9-18(10-13)11-14-16-7-4-8-17-14/h4-5,7-10,12,15H,3,6,11H2,1-2H3. The molecule has 1 N–H and O–H groups in total. The third-order valence-corrected chi connectivity index (χ3v) is 2.92. The Hall–Kier alpha value is -1.68. The highest BCUT2D eigenvalue weighted by Gasteiger charge is 2.06. The zero-order chi connectivity index (χ0) is 12.8. The van der Waals surface area contributed by atoms with Crippen molar-refractivity contribution in [2.24, 2.45) is 0 Å². The molecule has 0 saturated carbocycles. The molecule has 0 radical (unpaired) electrons. The van der Waals surface area contributed by atoms with Crippen LogP contribution in [0, 0.1) is 0 Å². The number of nitrogens with zero attached hydrogens (tertiary/aromatic N) is 3. The fourth-order valence-corrected chi connectivity index (χ4v) is 1.87. The number of nitrogens with one attached hydrogen (secondary N) is 1. The highest BCUT2D eigenvalue weighted by molar-refractivity contribution is 5.15. The maximum Gasteiger partial charge on any atom is 0.147 e. The summed E-state index contributed by atoms with van der Waals surface area (Å²) in [6, 6.07) is 4.38. The van der Waals surface area contributed by atoms with Crippen LogP contribution in [0.1, 0.15) is 37.7 Å². The van der Waals surface area contributed by atoms with E-state index < -0.39 is 0 Å². The molecule has 0 aromatic carbocycles. The average molecular weight is 244 g/mol. The van der Waals surface area contributed by atoms with Gasteiger partial charge in [0.05, 0.1) is 6.54 Å². The summed E-state index contributed by atoms with van der Waals surface area (Å²) < 4.78 is 2.12. The summed E-state index contributed by atoms with van der Waals surface area (Å²) in [5.74, 6) is 0.842. The molecule has 0 bridgehead atoms. The van der Waals surface area contributed by atoms with E-state index >= 15 is 0 Å². The van der Waals surface area contributed by atoms with E-state index in [0.717, 1.165) is 25.3 Å². The number of rotatable bonds is 6. The Morgan fingerprint density at radius 1 is 1.33 bits per heavy atom. The minimum atomic E-state index is 0.392. The largest absolute Gasteiger partial charge is 0.346 e. The summed E-state index contributed by atoms with van der Waals surface area (Å²) >= 11 is 0. The van der Waals surface area contributed by atoms with Crippen LogP contribution >= 0.6 is 0 Å². The SMILES string of the molecule is CCCNC(C)c1ccn(Cc2ncccn2)c1. The van der Waals surface area contributed by atoms with Crippen LogP contribution in [-0.4, -0.2) is 21.1 Å². The zero-order valence-corrected chi connectivity index (χ0v) is 11.0.